The molecule has 92 valence electrons. The van der Waals surface area contributed by atoms with Crippen LogP contribution in [0.3, 0.4) is 0 Å². The van der Waals surface area contributed by atoms with Crippen LogP contribution in [-0.4, -0.2) is 0 Å². The second-order valence-corrected chi connectivity index (χ2v) is 5.05. The SMILES string of the molecule is C=Cc1ccc(-c2ccc(C(C)C)cc2)cc1C. The Kier molecular flexibility index (Phi) is 3.66. The highest BCUT2D eigenvalue weighted by Crippen LogP contribution is 2.25. The first-order valence-electron chi connectivity index (χ1n) is 6.45. The molecule has 0 amide bonds. The van der Waals surface area contributed by atoms with Crippen molar-refractivity contribution in [1.29, 1.82) is 0 Å². The fraction of sp³-hybridized carbons (Fsp3) is 0.222. The number of hydrogen-bond donors (Lipinski definition) is 0. The Balaban J connectivity index is 2.36. The van der Waals surface area contributed by atoms with Crippen LogP contribution in [0.1, 0.15) is 36.5 Å². The van der Waals surface area contributed by atoms with E-state index in [1.54, 1.807) is 0 Å². The molecule has 0 nitrogen and oxygen atoms in total. The highest BCUT2D eigenvalue weighted by atomic mass is 14.1. The molecule has 2 aromatic rings. The Labute approximate surface area is 110 Å². The van der Waals surface area contributed by atoms with Crippen molar-refractivity contribution in [3.8, 4) is 11.1 Å². The molecule has 0 aliphatic carbocycles. The van der Waals surface area contributed by atoms with E-state index in [0.717, 1.165) is 0 Å². The predicted molar refractivity (Wildman–Crippen MR) is 80.8 cm³/mol. The minimum absolute atomic E-state index is 0.587. The lowest BCUT2D eigenvalue weighted by molar-refractivity contribution is 0.867. The van der Waals surface area contributed by atoms with Crippen LogP contribution in [0.2, 0.25) is 0 Å². The lowest BCUT2D eigenvalue weighted by atomic mass is 9.96. The fourth-order valence-electron chi connectivity index (χ4n) is 2.14. The van der Waals surface area contributed by atoms with Gasteiger partial charge in [0.1, 0.15) is 0 Å². The van der Waals surface area contributed by atoms with Crippen LogP contribution in [0, 0.1) is 6.92 Å². The molecule has 0 heterocycles. The Morgan fingerprint density at radius 2 is 1.56 bits per heavy atom. The van der Waals surface area contributed by atoms with Gasteiger partial charge < -0.3 is 0 Å². The van der Waals surface area contributed by atoms with Crippen molar-refractivity contribution < 1.29 is 0 Å². The van der Waals surface area contributed by atoms with E-state index < -0.39 is 0 Å². The lowest BCUT2D eigenvalue weighted by Crippen LogP contribution is -1.87. The van der Waals surface area contributed by atoms with E-state index >= 15 is 0 Å². The molecule has 0 N–H and O–H groups in total. The van der Waals surface area contributed by atoms with Crippen molar-refractivity contribution in [1.82, 2.24) is 0 Å². The van der Waals surface area contributed by atoms with Gasteiger partial charge in [0.2, 0.25) is 0 Å². The third-order valence-electron chi connectivity index (χ3n) is 3.40. The second kappa shape index (κ2) is 5.22. The van der Waals surface area contributed by atoms with Gasteiger partial charge in [-0.2, -0.15) is 0 Å². The average molecular weight is 236 g/mol. The fourth-order valence-corrected chi connectivity index (χ4v) is 2.14. The molecule has 2 rings (SSSR count). The van der Waals surface area contributed by atoms with Gasteiger partial charge in [0, 0.05) is 0 Å². The zero-order valence-corrected chi connectivity index (χ0v) is 11.4. The zero-order chi connectivity index (χ0) is 13.1. The van der Waals surface area contributed by atoms with Gasteiger partial charge in [-0.05, 0) is 40.7 Å². The molecule has 0 radical (unpaired) electrons. The molecule has 0 spiro atoms. The highest BCUT2D eigenvalue weighted by molar-refractivity contribution is 5.67. The standard InChI is InChI=1S/C18H20/c1-5-15-6-11-18(12-14(15)4)17-9-7-16(8-10-17)13(2)3/h5-13H,1H2,2-4H3. The lowest BCUT2D eigenvalue weighted by Gasteiger charge is -2.09. The predicted octanol–water partition coefficient (Wildman–Crippen LogP) is 5.43. The summed E-state index contributed by atoms with van der Waals surface area (Å²) in [5.41, 5.74) is 6.41. The third-order valence-corrected chi connectivity index (χ3v) is 3.40. The monoisotopic (exact) mass is 236 g/mol. The summed E-state index contributed by atoms with van der Waals surface area (Å²) >= 11 is 0. The van der Waals surface area contributed by atoms with Crippen molar-refractivity contribution in [2.24, 2.45) is 0 Å². The van der Waals surface area contributed by atoms with Crippen LogP contribution in [0.4, 0.5) is 0 Å². The molecule has 0 atom stereocenters. The molecule has 0 saturated carbocycles. The van der Waals surface area contributed by atoms with E-state index in [1.807, 2.05) is 6.08 Å². The number of benzene rings is 2. The molecule has 0 aliphatic rings. The summed E-state index contributed by atoms with van der Waals surface area (Å²) in [6, 6.07) is 15.4. The largest absolute Gasteiger partial charge is 0.0985 e. The van der Waals surface area contributed by atoms with E-state index in [1.165, 1.54) is 27.8 Å². The molecule has 0 aliphatic heterocycles. The Morgan fingerprint density at radius 3 is 2.06 bits per heavy atom. The third kappa shape index (κ3) is 2.53. The Morgan fingerprint density at radius 1 is 0.944 bits per heavy atom. The number of hydrogen-bond acceptors (Lipinski definition) is 0. The van der Waals surface area contributed by atoms with Crippen molar-refractivity contribution in [3.05, 3.63) is 65.7 Å². The van der Waals surface area contributed by atoms with Crippen LogP contribution in [0.25, 0.3) is 17.2 Å². The van der Waals surface area contributed by atoms with Crippen molar-refractivity contribution >= 4 is 6.08 Å². The van der Waals surface area contributed by atoms with Crippen molar-refractivity contribution in [2.75, 3.05) is 0 Å². The van der Waals surface area contributed by atoms with Crippen molar-refractivity contribution in [3.63, 3.8) is 0 Å². The first kappa shape index (κ1) is 12.6. The molecule has 0 unspecified atom stereocenters. The van der Waals surface area contributed by atoms with Gasteiger partial charge in [0.25, 0.3) is 0 Å². The molecule has 0 saturated heterocycles. The van der Waals surface area contributed by atoms with E-state index in [0.29, 0.717) is 5.92 Å². The van der Waals surface area contributed by atoms with E-state index in [9.17, 15) is 0 Å². The molecular weight excluding hydrogens is 216 g/mol. The quantitative estimate of drug-likeness (QED) is 0.666. The topological polar surface area (TPSA) is 0 Å². The van der Waals surface area contributed by atoms with E-state index in [-0.39, 0.29) is 0 Å². The summed E-state index contributed by atoms with van der Waals surface area (Å²) in [6.07, 6.45) is 1.90. The first-order chi connectivity index (χ1) is 8.61. The smallest absolute Gasteiger partial charge is 0.0181 e. The molecule has 0 fully saturated rings. The van der Waals surface area contributed by atoms with Crippen molar-refractivity contribution in [2.45, 2.75) is 26.7 Å². The normalized spacial score (nSPS) is 10.7. The van der Waals surface area contributed by atoms with E-state index in [2.05, 4.69) is 69.8 Å². The summed E-state index contributed by atoms with van der Waals surface area (Å²) in [4.78, 5) is 0. The molecule has 0 aromatic heterocycles. The van der Waals surface area contributed by atoms with E-state index in [4.69, 9.17) is 0 Å². The highest BCUT2D eigenvalue weighted by Gasteiger charge is 2.02. The molecule has 0 heteroatoms. The van der Waals surface area contributed by atoms with Crippen LogP contribution < -0.4 is 0 Å². The van der Waals surface area contributed by atoms with Gasteiger partial charge in [-0.15, -0.1) is 0 Å². The van der Waals surface area contributed by atoms with Gasteiger partial charge in [-0.3, -0.25) is 0 Å². The summed E-state index contributed by atoms with van der Waals surface area (Å²) in [5, 5.41) is 0. The van der Waals surface area contributed by atoms with Gasteiger partial charge in [-0.25, -0.2) is 0 Å². The molecule has 18 heavy (non-hydrogen) atoms. The molecular formula is C18H20. The Bertz CT molecular complexity index is 545. The van der Waals surface area contributed by atoms with Crippen LogP contribution >= 0.6 is 0 Å². The number of aryl methyl sites for hydroxylation is 1. The maximum atomic E-state index is 3.83. The summed E-state index contributed by atoms with van der Waals surface area (Å²) < 4.78 is 0. The maximum absolute atomic E-state index is 3.83. The van der Waals surface area contributed by atoms with Gasteiger partial charge in [-0.1, -0.05) is 69.0 Å². The molecule has 2 aromatic carbocycles. The van der Waals surface area contributed by atoms with Crippen LogP contribution in [0.5, 0.6) is 0 Å². The maximum Gasteiger partial charge on any atom is -0.0181 e. The van der Waals surface area contributed by atoms with Crippen LogP contribution in [0.15, 0.2) is 49.0 Å². The molecule has 0 bridgehead atoms. The summed E-state index contributed by atoms with van der Waals surface area (Å²) in [6.45, 7) is 10.4. The second-order valence-electron chi connectivity index (χ2n) is 5.05. The summed E-state index contributed by atoms with van der Waals surface area (Å²) in [5.74, 6) is 0.587. The number of rotatable bonds is 3. The average Bonchev–Trinajstić information content (AvgIpc) is 2.38. The van der Waals surface area contributed by atoms with Gasteiger partial charge >= 0.3 is 0 Å². The van der Waals surface area contributed by atoms with Gasteiger partial charge in [0.05, 0.1) is 0 Å². The Hall–Kier alpha value is -1.82. The first-order valence-corrected chi connectivity index (χ1v) is 6.45. The minimum Gasteiger partial charge on any atom is -0.0985 e. The summed E-state index contributed by atoms with van der Waals surface area (Å²) in [7, 11) is 0. The minimum atomic E-state index is 0.587. The van der Waals surface area contributed by atoms with Gasteiger partial charge in [0.15, 0.2) is 0 Å². The van der Waals surface area contributed by atoms with Crippen LogP contribution in [-0.2, 0) is 0 Å². The zero-order valence-electron chi connectivity index (χ0n) is 11.4.